The van der Waals surface area contributed by atoms with Crippen LogP contribution in [-0.4, -0.2) is 43.1 Å². The molecule has 1 heterocycles. The predicted octanol–water partition coefficient (Wildman–Crippen LogP) is -0.177. The van der Waals surface area contributed by atoms with Gasteiger partial charge in [0.25, 0.3) is 0 Å². The zero-order valence-corrected chi connectivity index (χ0v) is 8.02. The van der Waals surface area contributed by atoms with E-state index in [2.05, 4.69) is 29.4 Å². The van der Waals surface area contributed by atoms with E-state index in [0.717, 1.165) is 13.1 Å². The molecule has 1 fully saturated rings. The Labute approximate surface area is 73.8 Å². The molecule has 2 unspecified atom stereocenters. The Bertz CT molecular complexity index is 158. The fourth-order valence-corrected chi connectivity index (χ4v) is 1.67. The van der Waals surface area contributed by atoms with Crippen molar-refractivity contribution in [3.05, 3.63) is 0 Å². The number of guanidine groups is 1. The number of nitrogens with one attached hydrogen (secondary N) is 3. The molecule has 1 rings (SSSR count). The lowest BCUT2D eigenvalue weighted by atomic mass is 10.1. The van der Waals surface area contributed by atoms with Crippen molar-refractivity contribution in [3.63, 3.8) is 0 Å². The van der Waals surface area contributed by atoms with E-state index >= 15 is 0 Å². The maximum atomic E-state index is 7.60. The van der Waals surface area contributed by atoms with Gasteiger partial charge in [0.15, 0.2) is 5.96 Å². The summed E-state index contributed by atoms with van der Waals surface area (Å²) in [5, 5.41) is 13.9. The quantitative estimate of drug-likeness (QED) is 0.349. The van der Waals surface area contributed by atoms with Crippen molar-refractivity contribution in [2.24, 2.45) is 0 Å². The zero-order chi connectivity index (χ0) is 9.14. The molecule has 0 aromatic carbocycles. The Morgan fingerprint density at radius 1 is 1.42 bits per heavy atom. The van der Waals surface area contributed by atoms with Crippen LogP contribution in [0.4, 0.5) is 0 Å². The van der Waals surface area contributed by atoms with Crippen LogP contribution in [0, 0.1) is 5.41 Å². The van der Waals surface area contributed by atoms with Gasteiger partial charge in [0.05, 0.1) is 0 Å². The van der Waals surface area contributed by atoms with Crippen molar-refractivity contribution in [2.45, 2.75) is 25.9 Å². The third kappa shape index (κ3) is 2.11. The summed E-state index contributed by atoms with van der Waals surface area (Å²) in [5.74, 6) is 0.523. The SMILES string of the molecule is CNC(=N)N1CC(C)NC(C)C1. The van der Waals surface area contributed by atoms with Gasteiger partial charge in [0, 0.05) is 32.2 Å². The predicted molar refractivity (Wildman–Crippen MR) is 50.4 cm³/mol. The summed E-state index contributed by atoms with van der Waals surface area (Å²) in [4.78, 5) is 2.06. The minimum Gasteiger partial charge on any atom is -0.359 e. The topological polar surface area (TPSA) is 51.2 Å². The lowest BCUT2D eigenvalue weighted by molar-refractivity contribution is 0.249. The monoisotopic (exact) mass is 170 g/mol. The summed E-state index contributed by atoms with van der Waals surface area (Å²) >= 11 is 0. The first-order valence-corrected chi connectivity index (χ1v) is 4.40. The molecule has 0 saturated carbocycles. The maximum Gasteiger partial charge on any atom is 0.190 e. The molecule has 4 nitrogen and oxygen atoms in total. The molecular weight excluding hydrogens is 152 g/mol. The van der Waals surface area contributed by atoms with Crippen LogP contribution in [-0.2, 0) is 0 Å². The molecule has 12 heavy (non-hydrogen) atoms. The van der Waals surface area contributed by atoms with Crippen molar-refractivity contribution in [1.82, 2.24) is 15.5 Å². The molecule has 0 aromatic heterocycles. The van der Waals surface area contributed by atoms with E-state index in [0.29, 0.717) is 18.0 Å². The minimum atomic E-state index is 0.474. The maximum absolute atomic E-state index is 7.60. The molecular formula is C8H18N4. The van der Waals surface area contributed by atoms with Gasteiger partial charge in [-0.1, -0.05) is 0 Å². The van der Waals surface area contributed by atoms with Crippen LogP contribution in [0.2, 0.25) is 0 Å². The number of hydrogen-bond acceptors (Lipinski definition) is 2. The molecule has 1 aliphatic heterocycles. The average Bonchev–Trinajstić information content (AvgIpc) is 2.01. The normalized spacial score (nSPS) is 30.1. The molecule has 0 radical (unpaired) electrons. The Morgan fingerprint density at radius 3 is 2.33 bits per heavy atom. The van der Waals surface area contributed by atoms with Gasteiger partial charge in [0.2, 0.25) is 0 Å². The van der Waals surface area contributed by atoms with Crippen molar-refractivity contribution in [3.8, 4) is 0 Å². The van der Waals surface area contributed by atoms with Gasteiger partial charge >= 0.3 is 0 Å². The first-order valence-electron chi connectivity index (χ1n) is 4.40. The lowest BCUT2D eigenvalue weighted by Gasteiger charge is -2.37. The number of nitrogens with zero attached hydrogens (tertiary/aromatic N) is 1. The van der Waals surface area contributed by atoms with Gasteiger partial charge in [-0.15, -0.1) is 0 Å². The average molecular weight is 170 g/mol. The summed E-state index contributed by atoms with van der Waals surface area (Å²) in [6, 6.07) is 0.949. The van der Waals surface area contributed by atoms with Crippen LogP contribution >= 0.6 is 0 Å². The molecule has 0 aliphatic carbocycles. The molecule has 0 bridgehead atoms. The molecule has 70 valence electrons. The fraction of sp³-hybridized carbons (Fsp3) is 0.875. The molecule has 2 atom stereocenters. The van der Waals surface area contributed by atoms with Crippen LogP contribution in [0.15, 0.2) is 0 Å². The van der Waals surface area contributed by atoms with E-state index in [9.17, 15) is 0 Å². The van der Waals surface area contributed by atoms with Crippen molar-refractivity contribution >= 4 is 5.96 Å². The van der Waals surface area contributed by atoms with Crippen LogP contribution in [0.1, 0.15) is 13.8 Å². The van der Waals surface area contributed by atoms with Gasteiger partial charge in [-0.05, 0) is 13.8 Å². The van der Waals surface area contributed by atoms with Crippen LogP contribution < -0.4 is 10.6 Å². The number of hydrogen-bond donors (Lipinski definition) is 3. The molecule has 0 amide bonds. The third-order valence-electron chi connectivity index (χ3n) is 2.11. The Morgan fingerprint density at radius 2 is 1.92 bits per heavy atom. The van der Waals surface area contributed by atoms with Gasteiger partial charge in [0.1, 0.15) is 0 Å². The highest BCUT2D eigenvalue weighted by molar-refractivity contribution is 5.76. The smallest absolute Gasteiger partial charge is 0.190 e. The molecule has 4 heteroatoms. The number of piperazine rings is 1. The third-order valence-corrected chi connectivity index (χ3v) is 2.11. The van der Waals surface area contributed by atoms with E-state index in [4.69, 9.17) is 5.41 Å². The molecule has 3 N–H and O–H groups in total. The van der Waals surface area contributed by atoms with Gasteiger partial charge in [-0.25, -0.2) is 0 Å². The lowest BCUT2D eigenvalue weighted by Crippen LogP contribution is -2.57. The fourth-order valence-electron chi connectivity index (χ4n) is 1.67. The molecule has 0 aromatic rings. The summed E-state index contributed by atoms with van der Waals surface area (Å²) in [6.07, 6.45) is 0. The number of rotatable bonds is 0. The van der Waals surface area contributed by atoms with Crippen molar-refractivity contribution < 1.29 is 0 Å². The molecule has 0 spiro atoms. The summed E-state index contributed by atoms with van der Waals surface area (Å²) < 4.78 is 0. The summed E-state index contributed by atoms with van der Waals surface area (Å²) in [7, 11) is 1.79. The van der Waals surface area contributed by atoms with Gasteiger partial charge in [-0.3, -0.25) is 5.41 Å². The van der Waals surface area contributed by atoms with Crippen LogP contribution in [0.25, 0.3) is 0 Å². The Balaban J connectivity index is 2.49. The highest BCUT2D eigenvalue weighted by atomic mass is 15.3. The summed E-state index contributed by atoms with van der Waals surface area (Å²) in [5.41, 5.74) is 0. The van der Waals surface area contributed by atoms with Crippen LogP contribution in [0.5, 0.6) is 0 Å². The zero-order valence-electron chi connectivity index (χ0n) is 8.02. The first kappa shape index (κ1) is 9.32. The second-order valence-corrected chi connectivity index (χ2v) is 3.47. The van der Waals surface area contributed by atoms with E-state index in [1.165, 1.54) is 0 Å². The van der Waals surface area contributed by atoms with Crippen molar-refractivity contribution in [1.29, 1.82) is 5.41 Å². The summed E-state index contributed by atoms with van der Waals surface area (Å²) in [6.45, 7) is 6.13. The van der Waals surface area contributed by atoms with Crippen LogP contribution in [0.3, 0.4) is 0 Å². The van der Waals surface area contributed by atoms with E-state index in [1.807, 2.05) is 0 Å². The minimum absolute atomic E-state index is 0.474. The van der Waals surface area contributed by atoms with Crippen molar-refractivity contribution in [2.75, 3.05) is 20.1 Å². The second kappa shape index (κ2) is 3.76. The first-order chi connectivity index (χ1) is 5.63. The Hall–Kier alpha value is -0.770. The van der Waals surface area contributed by atoms with E-state index in [1.54, 1.807) is 7.05 Å². The largest absolute Gasteiger partial charge is 0.359 e. The highest BCUT2D eigenvalue weighted by Crippen LogP contribution is 2.02. The standard InChI is InChI=1S/C8H18N4/c1-6-4-12(8(9)10-3)5-7(2)11-6/h6-7,11H,4-5H2,1-3H3,(H2,9,10). The highest BCUT2D eigenvalue weighted by Gasteiger charge is 2.21. The van der Waals surface area contributed by atoms with E-state index < -0.39 is 0 Å². The van der Waals surface area contributed by atoms with Gasteiger partial charge < -0.3 is 15.5 Å². The molecule has 1 saturated heterocycles. The Kier molecular flexibility index (Phi) is 2.92. The van der Waals surface area contributed by atoms with E-state index in [-0.39, 0.29) is 0 Å². The molecule has 1 aliphatic rings. The second-order valence-electron chi connectivity index (χ2n) is 3.47. The van der Waals surface area contributed by atoms with Gasteiger partial charge in [-0.2, -0.15) is 0 Å².